The number of aliphatic hydroxyl groups is 1. The maximum absolute atomic E-state index is 12.7. The van der Waals surface area contributed by atoms with Crippen LogP contribution in [-0.4, -0.2) is 49.6 Å². The summed E-state index contributed by atoms with van der Waals surface area (Å²) in [4.78, 5) is 2.59. The van der Waals surface area contributed by atoms with Gasteiger partial charge in [0.25, 0.3) is 0 Å². The average molecular weight is 442 g/mol. The van der Waals surface area contributed by atoms with E-state index >= 15 is 0 Å². The Labute approximate surface area is 194 Å². The maximum Gasteiger partial charge on any atom is 0.115 e. The predicted molar refractivity (Wildman–Crippen MR) is 127 cm³/mol. The normalized spacial score (nSPS) is 30.4. The van der Waals surface area contributed by atoms with E-state index in [4.69, 9.17) is 5.10 Å². The van der Waals surface area contributed by atoms with Crippen LogP contribution in [0.2, 0.25) is 0 Å². The number of nitrogens with zero attached hydrogens (tertiary/aromatic N) is 3. The third kappa shape index (κ3) is 2.69. The lowest BCUT2D eigenvalue weighted by Gasteiger charge is -2.63. The molecular weight excluding hydrogens is 410 g/mol. The number of hydrogen-bond donors (Lipinski definition) is 2. The van der Waals surface area contributed by atoms with E-state index in [1.54, 1.807) is 0 Å². The average Bonchev–Trinajstić information content (AvgIpc) is 3.58. The zero-order valence-electron chi connectivity index (χ0n) is 19.2. The second kappa shape index (κ2) is 6.71. The third-order valence-corrected chi connectivity index (χ3v) is 9.07. The monoisotopic (exact) mass is 441 g/mol. The summed E-state index contributed by atoms with van der Waals surface area (Å²) in [7, 11) is 0. The molecule has 7 rings (SSSR count). The summed E-state index contributed by atoms with van der Waals surface area (Å²) in [6, 6.07) is 16.3. The van der Waals surface area contributed by atoms with Gasteiger partial charge in [-0.1, -0.05) is 24.3 Å². The van der Waals surface area contributed by atoms with Crippen LogP contribution in [0.5, 0.6) is 5.75 Å². The van der Waals surface area contributed by atoms with Gasteiger partial charge in [-0.3, -0.25) is 4.90 Å². The molecule has 3 atom stereocenters. The molecule has 2 fully saturated rings. The Hall–Kier alpha value is -2.63. The molecule has 5 heteroatoms. The summed E-state index contributed by atoms with van der Waals surface area (Å²) in [5, 5.41) is 28.1. The van der Waals surface area contributed by atoms with Gasteiger partial charge in [0.05, 0.1) is 17.0 Å². The van der Waals surface area contributed by atoms with Gasteiger partial charge in [-0.05, 0) is 86.0 Å². The number of benzene rings is 2. The summed E-state index contributed by atoms with van der Waals surface area (Å²) < 4.78 is 2.10. The minimum atomic E-state index is -0.858. The molecule has 170 valence electrons. The van der Waals surface area contributed by atoms with Gasteiger partial charge in [0.15, 0.2) is 0 Å². The fourth-order valence-corrected chi connectivity index (χ4v) is 7.22. The minimum absolute atomic E-state index is 0.108. The van der Waals surface area contributed by atoms with Crippen molar-refractivity contribution in [2.45, 2.75) is 62.5 Å². The zero-order chi connectivity index (χ0) is 22.4. The molecule has 0 amide bonds. The molecule has 33 heavy (non-hydrogen) atoms. The quantitative estimate of drug-likeness (QED) is 0.651. The Kier molecular flexibility index (Phi) is 4.02. The number of para-hydroxylation sites is 1. The van der Waals surface area contributed by atoms with Crippen molar-refractivity contribution in [2.24, 2.45) is 5.92 Å². The van der Waals surface area contributed by atoms with Crippen LogP contribution in [0.15, 0.2) is 48.5 Å². The highest BCUT2D eigenvalue weighted by Gasteiger charge is 2.65. The molecule has 1 aliphatic heterocycles. The highest BCUT2D eigenvalue weighted by atomic mass is 16.3. The number of rotatable bonds is 3. The van der Waals surface area contributed by atoms with E-state index in [1.807, 2.05) is 18.2 Å². The fraction of sp³-hybridized carbons (Fsp3) is 0.464. The van der Waals surface area contributed by atoms with Gasteiger partial charge in [-0.15, -0.1) is 0 Å². The van der Waals surface area contributed by atoms with Crippen molar-refractivity contribution in [1.82, 2.24) is 14.7 Å². The lowest BCUT2D eigenvalue weighted by molar-refractivity contribution is -0.152. The van der Waals surface area contributed by atoms with E-state index in [0.717, 1.165) is 55.2 Å². The van der Waals surface area contributed by atoms with Crippen molar-refractivity contribution >= 4 is 0 Å². The summed E-state index contributed by atoms with van der Waals surface area (Å²) >= 11 is 0. The Morgan fingerprint density at radius 3 is 2.70 bits per heavy atom. The van der Waals surface area contributed by atoms with Gasteiger partial charge in [-0.25, -0.2) is 4.68 Å². The van der Waals surface area contributed by atoms with Gasteiger partial charge in [0, 0.05) is 36.5 Å². The largest absolute Gasteiger partial charge is 0.508 e. The molecular formula is C28H31N3O2. The van der Waals surface area contributed by atoms with Crippen LogP contribution in [0.3, 0.4) is 0 Å². The number of piperidine rings is 1. The lowest BCUT2D eigenvalue weighted by Crippen LogP contribution is -2.74. The van der Waals surface area contributed by atoms with Crippen molar-refractivity contribution in [2.75, 3.05) is 13.1 Å². The van der Waals surface area contributed by atoms with Crippen LogP contribution in [-0.2, 0) is 24.7 Å². The van der Waals surface area contributed by atoms with Crippen LogP contribution in [0.25, 0.3) is 5.69 Å². The molecule has 4 aliphatic rings. The van der Waals surface area contributed by atoms with Crippen LogP contribution in [0.1, 0.15) is 47.3 Å². The van der Waals surface area contributed by atoms with E-state index in [-0.39, 0.29) is 6.04 Å². The molecule has 2 aromatic carbocycles. The zero-order valence-corrected chi connectivity index (χ0v) is 19.2. The fourth-order valence-electron chi connectivity index (χ4n) is 7.22. The molecule has 0 radical (unpaired) electrons. The van der Waals surface area contributed by atoms with E-state index in [2.05, 4.69) is 46.8 Å². The Morgan fingerprint density at radius 2 is 1.91 bits per heavy atom. The molecule has 3 aliphatic carbocycles. The van der Waals surface area contributed by atoms with Crippen molar-refractivity contribution in [3.63, 3.8) is 0 Å². The number of phenols is 1. The Morgan fingerprint density at radius 1 is 1.09 bits per heavy atom. The van der Waals surface area contributed by atoms with E-state index in [0.29, 0.717) is 12.2 Å². The Bertz CT molecular complexity index is 1250. The molecule has 3 aromatic rings. The highest BCUT2D eigenvalue weighted by molar-refractivity contribution is 5.53. The lowest BCUT2D eigenvalue weighted by atomic mass is 9.49. The van der Waals surface area contributed by atoms with E-state index in [9.17, 15) is 10.2 Å². The topological polar surface area (TPSA) is 61.5 Å². The van der Waals surface area contributed by atoms with E-state index < -0.39 is 11.0 Å². The maximum atomic E-state index is 12.7. The molecule has 0 unspecified atom stereocenters. The number of phenolic OH excluding ortho intramolecular Hbond substituents is 1. The smallest absolute Gasteiger partial charge is 0.115 e. The molecule has 2 heterocycles. The first-order chi connectivity index (χ1) is 16.0. The first-order valence-corrected chi connectivity index (χ1v) is 12.4. The molecule has 1 aromatic heterocycles. The number of likely N-dealkylation sites (tertiary alicyclic amines) is 1. The first-order valence-electron chi connectivity index (χ1n) is 12.4. The molecule has 2 N–H and O–H groups in total. The van der Waals surface area contributed by atoms with Gasteiger partial charge >= 0.3 is 0 Å². The van der Waals surface area contributed by atoms with Gasteiger partial charge in [0.1, 0.15) is 5.75 Å². The third-order valence-electron chi connectivity index (χ3n) is 9.07. The predicted octanol–water partition coefficient (Wildman–Crippen LogP) is 3.69. The summed E-state index contributed by atoms with van der Waals surface area (Å²) in [5.41, 5.74) is 5.68. The molecule has 2 bridgehead atoms. The summed E-state index contributed by atoms with van der Waals surface area (Å²) in [5.74, 6) is 1.09. The van der Waals surface area contributed by atoms with Gasteiger partial charge in [-0.2, -0.15) is 5.10 Å². The second-order valence-electron chi connectivity index (χ2n) is 10.9. The van der Waals surface area contributed by atoms with Crippen molar-refractivity contribution in [1.29, 1.82) is 0 Å². The molecule has 0 spiro atoms. The number of hydrogen-bond acceptors (Lipinski definition) is 4. The molecule has 1 saturated carbocycles. The van der Waals surface area contributed by atoms with Crippen molar-refractivity contribution in [3.8, 4) is 11.4 Å². The van der Waals surface area contributed by atoms with Crippen LogP contribution in [0.4, 0.5) is 0 Å². The summed E-state index contributed by atoms with van der Waals surface area (Å²) in [6.07, 6.45) is 5.78. The van der Waals surface area contributed by atoms with Gasteiger partial charge < -0.3 is 10.2 Å². The van der Waals surface area contributed by atoms with Crippen LogP contribution >= 0.6 is 0 Å². The molecule has 5 nitrogen and oxygen atoms in total. The SMILES string of the molecule is Cc1nn(-c2ccccc2)c2c1C[C@@]1(O)[C@H]3Cc4ccc(O)cc4[C@@]1(CCN3CC1CC1)C2. The van der Waals surface area contributed by atoms with Crippen LogP contribution in [0, 0.1) is 12.8 Å². The standard InChI is InChI=1S/C28H31N3O2/c1-18-23-15-28(33)26-13-20-9-10-22(32)14-24(20)27(28,11-12-30(26)17-19-7-8-19)16-25(23)31(29-18)21-5-3-2-4-6-21/h2-6,9-10,14,19,26,32-33H,7-8,11-13,15-17H2,1H3/t26-,27-,28-/m1/s1. The number of aromatic nitrogens is 2. The van der Waals surface area contributed by atoms with E-state index in [1.165, 1.54) is 29.7 Å². The molecule has 1 saturated heterocycles. The van der Waals surface area contributed by atoms with Crippen LogP contribution < -0.4 is 0 Å². The van der Waals surface area contributed by atoms with Crippen molar-refractivity contribution in [3.05, 3.63) is 76.6 Å². The second-order valence-corrected chi connectivity index (χ2v) is 10.9. The summed E-state index contributed by atoms with van der Waals surface area (Å²) in [6.45, 7) is 4.19. The minimum Gasteiger partial charge on any atom is -0.508 e. The number of fused-ring (bicyclic) bond motifs is 2. The Balaban J connectivity index is 1.43. The van der Waals surface area contributed by atoms with Gasteiger partial charge in [0.2, 0.25) is 0 Å². The number of aromatic hydroxyl groups is 1. The van der Waals surface area contributed by atoms with Crippen molar-refractivity contribution < 1.29 is 10.2 Å². The highest BCUT2D eigenvalue weighted by Crippen LogP contribution is 2.58. The first kappa shape index (κ1) is 19.8. The number of aryl methyl sites for hydroxylation is 1.